The Balaban J connectivity index is 2.04. The van der Waals surface area contributed by atoms with Crippen LogP contribution in [-0.4, -0.2) is 19.3 Å². The van der Waals surface area contributed by atoms with Gasteiger partial charge in [-0.15, -0.1) is 0 Å². The number of hydrogen-bond donors (Lipinski definition) is 1. The summed E-state index contributed by atoms with van der Waals surface area (Å²) in [6.45, 7) is 2.12. The minimum absolute atomic E-state index is 0.211. The van der Waals surface area contributed by atoms with E-state index in [0.717, 1.165) is 37.2 Å². The molecule has 0 saturated heterocycles. The Kier molecular flexibility index (Phi) is 6.37. The summed E-state index contributed by atoms with van der Waals surface area (Å²) in [5.74, 6) is 1.71. The van der Waals surface area contributed by atoms with Crippen LogP contribution in [0, 0.1) is 0 Å². The minimum atomic E-state index is 0.211. The van der Waals surface area contributed by atoms with E-state index in [1.165, 1.54) is 31.2 Å². The molecule has 0 bridgehead atoms. The Morgan fingerprint density at radius 2 is 1.86 bits per heavy atom. The Bertz CT molecular complexity index is 425. The lowest BCUT2D eigenvalue weighted by molar-refractivity contribution is 0.176. The number of ether oxygens (including phenoxy) is 2. The van der Waals surface area contributed by atoms with E-state index in [9.17, 15) is 0 Å². The van der Waals surface area contributed by atoms with Crippen LogP contribution in [-0.2, 0) is 6.42 Å². The molecule has 1 atom stereocenters. The number of nitrogens with two attached hydrogens (primary N) is 1. The van der Waals surface area contributed by atoms with Gasteiger partial charge in [0.15, 0.2) is 11.5 Å². The van der Waals surface area contributed by atoms with Gasteiger partial charge in [-0.2, -0.15) is 0 Å². The third-order valence-corrected chi connectivity index (χ3v) is 4.35. The highest BCUT2D eigenvalue weighted by Crippen LogP contribution is 2.32. The minimum Gasteiger partial charge on any atom is -0.493 e. The van der Waals surface area contributed by atoms with Gasteiger partial charge in [0.05, 0.1) is 13.2 Å². The fourth-order valence-electron chi connectivity index (χ4n) is 2.92. The standard InChI is InChI=1S/C18H29NO2/c1-3-15(19)12-14-10-11-17(18(13-14)20-2)21-16-8-6-4-5-7-9-16/h10-11,13,15-16H,3-9,12,19H2,1-2H3. The van der Waals surface area contributed by atoms with Gasteiger partial charge in [-0.05, 0) is 56.2 Å². The van der Waals surface area contributed by atoms with Gasteiger partial charge in [0.25, 0.3) is 0 Å². The highest BCUT2D eigenvalue weighted by Gasteiger charge is 2.16. The molecule has 0 aliphatic heterocycles. The molecular formula is C18H29NO2. The van der Waals surface area contributed by atoms with Crippen molar-refractivity contribution in [3.8, 4) is 11.5 Å². The van der Waals surface area contributed by atoms with Gasteiger partial charge in [-0.25, -0.2) is 0 Å². The summed E-state index contributed by atoms with van der Waals surface area (Å²) in [6, 6.07) is 6.44. The smallest absolute Gasteiger partial charge is 0.161 e. The summed E-state index contributed by atoms with van der Waals surface area (Å²) in [5, 5.41) is 0. The van der Waals surface area contributed by atoms with Crippen LogP contribution in [0.2, 0.25) is 0 Å². The lowest BCUT2D eigenvalue weighted by Crippen LogP contribution is -2.21. The van der Waals surface area contributed by atoms with Crippen molar-refractivity contribution < 1.29 is 9.47 Å². The lowest BCUT2D eigenvalue weighted by atomic mass is 10.0. The lowest BCUT2D eigenvalue weighted by Gasteiger charge is -2.19. The van der Waals surface area contributed by atoms with E-state index in [2.05, 4.69) is 19.1 Å². The Labute approximate surface area is 128 Å². The summed E-state index contributed by atoms with van der Waals surface area (Å²) in [4.78, 5) is 0. The predicted octanol–water partition coefficient (Wildman–Crippen LogP) is 4.08. The molecule has 3 nitrogen and oxygen atoms in total. The molecule has 1 aromatic carbocycles. The summed E-state index contributed by atoms with van der Waals surface area (Å²) in [5.41, 5.74) is 7.25. The molecule has 1 unspecified atom stereocenters. The summed E-state index contributed by atoms with van der Waals surface area (Å²) >= 11 is 0. The largest absolute Gasteiger partial charge is 0.493 e. The number of rotatable bonds is 6. The van der Waals surface area contributed by atoms with Crippen molar-refractivity contribution in [1.82, 2.24) is 0 Å². The van der Waals surface area contributed by atoms with Crippen LogP contribution in [0.25, 0.3) is 0 Å². The third-order valence-electron chi connectivity index (χ3n) is 4.35. The van der Waals surface area contributed by atoms with E-state index in [1.807, 2.05) is 6.07 Å². The molecule has 3 heteroatoms. The molecule has 2 N–H and O–H groups in total. The van der Waals surface area contributed by atoms with E-state index < -0.39 is 0 Å². The van der Waals surface area contributed by atoms with Crippen molar-refractivity contribution >= 4 is 0 Å². The first-order valence-electron chi connectivity index (χ1n) is 8.32. The molecule has 1 aliphatic rings. The van der Waals surface area contributed by atoms with Gasteiger partial charge >= 0.3 is 0 Å². The van der Waals surface area contributed by atoms with Crippen molar-refractivity contribution in [1.29, 1.82) is 0 Å². The Morgan fingerprint density at radius 1 is 1.14 bits per heavy atom. The molecule has 2 rings (SSSR count). The molecule has 1 aliphatic carbocycles. The van der Waals surface area contributed by atoms with Crippen molar-refractivity contribution in [2.24, 2.45) is 5.73 Å². The van der Waals surface area contributed by atoms with E-state index in [1.54, 1.807) is 7.11 Å². The number of hydrogen-bond acceptors (Lipinski definition) is 3. The van der Waals surface area contributed by atoms with E-state index in [-0.39, 0.29) is 6.04 Å². The van der Waals surface area contributed by atoms with Gasteiger partial charge in [0, 0.05) is 6.04 Å². The first kappa shape index (κ1) is 16.2. The van der Waals surface area contributed by atoms with Crippen LogP contribution in [0.3, 0.4) is 0 Å². The van der Waals surface area contributed by atoms with Crippen molar-refractivity contribution in [2.45, 2.75) is 70.4 Å². The van der Waals surface area contributed by atoms with Crippen LogP contribution >= 0.6 is 0 Å². The molecule has 1 fully saturated rings. The van der Waals surface area contributed by atoms with Crippen LogP contribution in [0.1, 0.15) is 57.4 Å². The molecule has 0 heterocycles. The average molecular weight is 291 g/mol. The molecular weight excluding hydrogens is 262 g/mol. The summed E-state index contributed by atoms with van der Waals surface area (Å²) < 4.78 is 11.7. The van der Waals surface area contributed by atoms with Crippen LogP contribution in [0.5, 0.6) is 11.5 Å². The van der Waals surface area contributed by atoms with E-state index in [4.69, 9.17) is 15.2 Å². The van der Waals surface area contributed by atoms with Crippen LogP contribution in [0.4, 0.5) is 0 Å². The molecule has 0 spiro atoms. The van der Waals surface area contributed by atoms with Gasteiger partial charge in [0.2, 0.25) is 0 Å². The zero-order valence-corrected chi connectivity index (χ0v) is 13.4. The normalized spacial score (nSPS) is 18.0. The first-order valence-corrected chi connectivity index (χ1v) is 8.32. The second-order valence-electron chi connectivity index (χ2n) is 6.09. The summed E-state index contributed by atoms with van der Waals surface area (Å²) in [7, 11) is 1.71. The highest BCUT2D eigenvalue weighted by molar-refractivity contribution is 5.43. The van der Waals surface area contributed by atoms with Crippen LogP contribution < -0.4 is 15.2 Å². The zero-order valence-electron chi connectivity index (χ0n) is 13.4. The molecule has 1 saturated carbocycles. The van der Waals surface area contributed by atoms with Gasteiger partial charge < -0.3 is 15.2 Å². The number of methoxy groups -OCH3 is 1. The maximum absolute atomic E-state index is 6.19. The van der Waals surface area contributed by atoms with Gasteiger partial charge in [-0.3, -0.25) is 0 Å². The fraction of sp³-hybridized carbons (Fsp3) is 0.667. The zero-order chi connectivity index (χ0) is 15.1. The van der Waals surface area contributed by atoms with Crippen molar-refractivity contribution in [2.75, 3.05) is 7.11 Å². The molecule has 21 heavy (non-hydrogen) atoms. The SMILES string of the molecule is CCC(N)Cc1ccc(OC2CCCCCC2)c(OC)c1. The quantitative estimate of drug-likeness (QED) is 0.803. The molecule has 1 aromatic rings. The second kappa shape index (κ2) is 8.28. The first-order chi connectivity index (χ1) is 10.2. The second-order valence-corrected chi connectivity index (χ2v) is 6.09. The maximum Gasteiger partial charge on any atom is 0.161 e. The topological polar surface area (TPSA) is 44.5 Å². The maximum atomic E-state index is 6.19. The average Bonchev–Trinajstić information content (AvgIpc) is 2.77. The van der Waals surface area contributed by atoms with Crippen LogP contribution in [0.15, 0.2) is 18.2 Å². The third kappa shape index (κ3) is 4.92. The number of benzene rings is 1. The molecule has 0 aromatic heterocycles. The monoisotopic (exact) mass is 291 g/mol. The van der Waals surface area contributed by atoms with E-state index in [0.29, 0.717) is 6.10 Å². The van der Waals surface area contributed by atoms with Gasteiger partial charge in [-0.1, -0.05) is 25.8 Å². The predicted molar refractivity (Wildman–Crippen MR) is 87.1 cm³/mol. The molecule has 118 valence electrons. The van der Waals surface area contributed by atoms with Gasteiger partial charge in [0.1, 0.15) is 0 Å². The molecule has 0 amide bonds. The molecule has 0 radical (unpaired) electrons. The van der Waals surface area contributed by atoms with Crippen molar-refractivity contribution in [3.05, 3.63) is 23.8 Å². The van der Waals surface area contributed by atoms with Crippen molar-refractivity contribution in [3.63, 3.8) is 0 Å². The fourth-order valence-corrected chi connectivity index (χ4v) is 2.92. The Hall–Kier alpha value is -1.22. The van der Waals surface area contributed by atoms with E-state index >= 15 is 0 Å². The summed E-state index contributed by atoms with van der Waals surface area (Å²) in [6.07, 6.45) is 9.75. The Morgan fingerprint density at radius 3 is 2.48 bits per heavy atom. The highest BCUT2D eigenvalue weighted by atomic mass is 16.5.